The minimum Gasteiger partial charge on any atom is -0.0613 e. The van der Waals surface area contributed by atoms with Gasteiger partial charge in [-0.2, -0.15) is 0 Å². The van der Waals surface area contributed by atoms with Crippen molar-refractivity contribution in [1.29, 1.82) is 0 Å². The Bertz CT molecular complexity index is 213. The van der Waals surface area contributed by atoms with Crippen molar-refractivity contribution in [1.82, 2.24) is 0 Å². The van der Waals surface area contributed by atoms with Gasteiger partial charge >= 0.3 is 0 Å². The van der Waals surface area contributed by atoms with E-state index in [1.165, 1.54) is 13.6 Å². The summed E-state index contributed by atoms with van der Waals surface area (Å²) in [7, 11) is 0. The van der Waals surface area contributed by atoms with Crippen molar-refractivity contribution < 1.29 is 0 Å². The van der Waals surface area contributed by atoms with Crippen molar-refractivity contribution in [3.63, 3.8) is 0 Å². The summed E-state index contributed by atoms with van der Waals surface area (Å²) >= 11 is 6.16. The molecule has 0 aromatic rings. The molecule has 0 aromatic carbocycles. The molecule has 0 radical (unpaired) electrons. The van der Waals surface area contributed by atoms with Crippen molar-refractivity contribution in [2.24, 2.45) is 0 Å². The van der Waals surface area contributed by atoms with E-state index < -0.39 is 0 Å². The highest BCUT2D eigenvalue weighted by Crippen LogP contribution is 2.32. The minimum atomic E-state index is 1.10. The molecule has 82 valence electrons. The molecule has 0 bridgehead atoms. The third-order valence-electron chi connectivity index (χ3n) is 2.35. The van der Waals surface area contributed by atoms with Crippen LogP contribution in [0.15, 0.2) is 19.2 Å². The normalized spacial score (nSPS) is 15.0. The number of hydrogen-bond acceptors (Lipinski definition) is 0. The van der Waals surface area contributed by atoms with Gasteiger partial charge in [0.25, 0.3) is 0 Å². The van der Waals surface area contributed by atoms with Gasteiger partial charge in [0.15, 0.2) is 0 Å². The molecule has 0 aliphatic rings. The van der Waals surface area contributed by atoms with Crippen LogP contribution in [0.25, 0.3) is 0 Å². The first kappa shape index (κ1) is 14.7. The zero-order chi connectivity index (χ0) is 11.1. The van der Waals surface area contributed by atoms with E-state index in [9.17, 15) is 0 Å². The van der Waals surface area contributed by atoms with Crippen molar-refractivity contribution in [3.05, 3.63) is 19.2 Å². The molecule has 0 N–H and O–H groups in total. The molecule has 0 unspecified atom stereocenters. The average Bonchev–Trinajstić information content (AvgIpc) is 2.23. The molecule has 14 heavy (non-hydrogen) atoms. The predicted molar refractivity (Wildman–Crippen MR) is 78.2 cm³/mol. The second kappa shape index (κ2) is 7.91. The maximum absolute atomic E-state index is 3.68. The third-order valence-corrected chi connectivity index (χ3v) is 4.80. The zero-order valence-electron chi connectivity index (χ0n) is 9.58. The summed E-state index contributed by atoms with van der Waals surface area (Å²) < 4.78 is 2.88. The summed E-state index contributed by atoms with van der Waals surface area (Å²) in [6, 6.07) is 0. The lowest BCUT2D eigenvalue weighted by atomic mass is 9.99. The Balaban J connectivity index is 5.19. The average molecular weight is 371 g/mol. The summed E-state index contributed by atoms with van der Waals surface area (Å²) in [6.07, 6.45) is 4.52. The van der Waals surface area contributed by atoms with E-state index in [4.69, 9.17) is 0 Å². The SMILES string of the molecule is CC/C(Br)=C(CC)/C(CC)=C(\I)CC. The Labute approximate surface area is 111 Å². The van der Waals surface area contributed by atoms with Gasteiger partial charge in [0, 0.05) is 0 Å². The number of rotatable bonds is 5. The third kappa shape index (κ3) is 4.05. The van der Waals surface area contributed by atoms with Crippen LogP contribution in [0, 0.1) is 0 Å². The van der Waals surface area contributed by atoms with Crippen LogP contribution in [0.2, 0.25) is 0 Å². The molecule has 2 heteroatoms. The predicted octanol–water partition coefficient (Wildman–Crippen LogP) is 5.96. The molecular formula is C12H20BrI. The topological polar surface area (TPSA) is 0 Å². The van der Waals surface area contributed by atoms with Gasteiger partial charge in [-0.25, -0.2) is 0 Å². The fourth-order valence-corrected chi connectivity index (χ4v) is 2.79. The standard InChI is InChI=1S/C12H20BrI/c1-5-9(11(13)7-3)10(6-2)12(14)8-4/h5-8H2,1-4H3/b11-9-,12-10-. The fourth-order valence-electron chi connectivity index (χ4n) is 1.56. The highest BCUT2D eigenvalue weighted by molar-refractivity contribution is 14.1. The molecule has 0 saturated heterocycles. The van der Waals surface area contributed by atoms with Crippen molar-refractivity contribution in [2.45, 2.75) is 53.4 Å². The Morgan fingerprint density at radius 3 is 1.64 bits per heavy atom. The Morgan fingerprint density at radius 2 is 1.36 bits per heavy atom. The van der Waals surface area contributed by atoms with Gasteiger partial charge in [-0.1, -0.05) is 43.6 Å². The first-order chi connectivity index (χ1) is 6.62. The molecular weight excluding hydrogens is 351 g/mol. The lowest BCUT2D eigenvalue weighted by Crippen LogP contribution is -1.93. The summed E-state index contributed by atoms with van der Waals surface area (Å²) in [5, 5.41) is 0. The Hall–Kier alpha value is 0.690. The van der Waals surface area contributed by atoms with E-state index in [1.54, 1.807) is 5.57 Å². The van der Waals surface area contributed by atoms with Crippen LogP contribution in [0.1, 0.15) is 53.4 Å². The molecule has 0 aliphatic carbocycles. The smallest absolute Gasteiger partial charge is 0.00172 e. The van der Waals surface area contributed by atoms with E-state index >= 15 is 0 Å². The van der Waals surface area contributed by atoms with Crippen LogP contribution in [0.4, 0.5) is 0 Å². The van der Waals surface area contributed by atoms with E-state index in [0.717, 1.165) is 25.7 Å². The zero-order valence-corrected chi connectivity index (χ0v) is 13.3. The van der Waals surface area contributed by atoms with Crippen molar-refractivity contribution >= 4 is 38.5 Å². The maximum Gasteiger partial charge on any atom is -0.00172 e. The van der Waals surface area contributed by atoms with Crippen molar-refractivity contribution in [2.75, 3.05) is 0 Å². The van der Waals surface area contributed by atoms with Gasteiger partial charge in [0.1, 0.15) is 0 Å². The van der Waals surface area contributed by atoms with Crippen LogP contribution in [-0.4, -0.2) is 0 Å². The van der Waals surface area contributed by atoms with Crippen LogP contribution >= 0.6 is 38.5 Å². The molecule has 0 amide bonds. The van der Waals surface area contributed by atoms with Crippen LogP contribution in [-0.2, 0) is 0 Å². The quantitative estimate of drug-likeness (QED) is 0.413. The molecule has 0 aromatic heterocycles. The highest BCUT2D eigenvalue weighted by Gasteiger charge is 2.08. The fraction of sp³-hybridized carbons (Fsp3) is 0.667. The first-order valence-corrected chi connectivity index (χ1v) is 7.24. The largest absolute Gasteiger partial charge is 0.0613 e. The van der Waals surface area contributed by atoms with Gasteiger partial charge in [-0.3, -0.25) is 0 Å². The first-order valence-electron chi connectivity index (χ1n) is 5.37. The van der Waals surface area contributed by atoms with Crippen LogP contribution in [0.5, 0.6) is 0 Å². The Kier molecular flexibility index (Phi) is 8.30. The summed E-state index contributed by atoms with van der Waals surface area (Å²) in [5.41, 5.74) is 3.06. The summed E-state index contributed by atoms with van der Waals surface area (Å²) in [5.74, 6) is 0. The molecule has 0 atom stereocenters. The van der Waals surface area contributed by atoms with Gasteiger partial charge in [0.05, 0.1) is 0 Å². The van der Waals surface area contributed by atoms with E-state index in [-0.39, 0.29) is 0 Å². The molecule has 0 nitrogen and oxygen atoms in total. The highest BCUT2D eigenvalue weighted by atomic mass is 127. The second-order valence-corrected chi connectivity index (χ2v) is 5.44. The molecule has 0 fully saturated rings. The number of allylic oxidation sites excluding steroid dienone is 4. The lowest BCUT2D eigenvalue weighted by molar-refractivity contribution is 0.978. The van der Waals surface area contributed by atoms with E-state index in [0.29, 0.717) is 0 Å². The molecule has 0 heterocycles. The van der Waals surface area contributed by atoms with Crippen molar-refractivity contribution in [3.8, 4) is 0 Å². The maximum atomic E-state index is 3.68. The van der Waals surface area contributed by atoms with E-state index in [1.807, 2.05) is 0 Å². The van der Waals surface area contributed by atoms with Crippen LogP contribution < -0.4 is 0 Å². The molecule has 0 spiro atoms. The second-order valence-electron chi connectivity index (χ2n) is 3.18. The van der Waals surface area contributed by atoms with Gasteiger partial charge in [-0.05, 0) is 67.5 Å². The molecule has 0 rings (SSSR count). The lowest BCUT2D eigenvalue weighted by Gasteiger charge is -2.13. The minimum absolute atomic E-state index is 1.10. The van der Waals surface area contributed by atoms with Gasteiger partial charge in [-0.15, -0.1) is 0 Å². The van der Waals surface area contributed by atoms with E-state index in [2.05, 4.69) is 66.2 Å². The monoisotopic (exact) mass is 370 g/mol. The molecule has 0 aliphatic heterocycles. The summed E-state index contributed by atoms with van der Waals surface area (Å²) in [6.45, 7) is 8.91. The molecule has 0 saturated carbocycles. The summed E-state index contributed by atoms with van der Waals surface area (Å²) in [4.78, 5) is 0. The van der Waals surface area contributed by atoms with Crippen LogP contribution in [0.3, 0.4) is 0 Å². The number of halogens is 2. The number of hydrogen-bond donors (Lipinski definition) is 0. The van der Waals surface area contributed by atoms with Gasteiger partial charge < -0.3 is 0 Å². The Morgan fingerprint density at radius 1 is 0.857 bits per heavy atom. The van der Waals surface area contributed by atoms with Gasteiger partial charge in [0.2, 0.25) is 0 Å².